The molecule has 0 fully saturated rings. The van der Waals surface area contributed by atoms with Gasteiger partial charge in [0.15, 0.2) is 0 Å². The molecule has 0 radical (unpaired) electrons. The Hall–Kier alpha value is 0.0300. The smallest absolute Gasteiger partial charge is 0.344 e. The molecule has 0 aromatic carbocycles. The van der Waals surface area contributed by atoms with Gasteiger partial charge in [0.25, 0.3) is 0 Å². The zero-order valence-corrected chi connectivity index (χ0v) is 9.37. The number of hydrogen-bond acceptors (Lipinski definition) is 3. The molecular formula is C6H21N2O4P. The highest BCUT2D eigenvalue weighted by Gasteiger charge is 2.00. The Balaban J connectivity index is -0.000000150. The standard InChI is InChI=1S/C6H15N.H3N.H3O4P/c1-4-7(5-2)6-3;;1-5(2,3)4/h4-6H2,1-3H3;1H3;(H3,1,2,3,4). The summed E-state index contributed by atoms with van der Waals surface area (Å²) in [6.45, 7) is 10.1. The van der Waals surface area contributed by atoms with E-state index < -0.39 is 7.82 Å². The average Bonchev–Trinajstić information content (AvgIpc) is 1.88. The van der Waals surface area contributed by atoms with Gasteiger partial charge in [0.2, 0.25) is 0 Å². The molecule has 0 atom stereocenters. The van der Waals surface area contributed by atoms with Gasteiger partial charge in [-0.25, -0.2) is 4.57 Å². The Bertz CT molecular complexity index is 121. The molecule has 6 nitrogen and oxygen atoms in total. The predicted molar refractivity (Wildman–Crippen MR) is 52.7 cm³/mol. The lowest BCUT2D eigenvalue weighted by Crippen LogP contribution is -2.21. The molecule has 0 spiro atoms. The largest absolute Gasteiger partial charge is 0.466 e. The van der Waals surface area contributed by atoms with E-state index in [2.05, 4.69) is 25.7 Å². The topological polar surface area (TPSA) is 116 Å². The maximum Gasteiger partial charge on any atom is 0.466 e. The Morgan fingerprint density at radius 3 is 1.15 bits per heavy atom. The van der Waals surface area contributed by atoms with Gasteiger partial charge in [-0.3, -0.25) is 0 Å². The molecule has 0 aliphatic heterocycles. The van der Waals surface area contributed by atoms with Gasteiger partial charge in [0.1, 0.15) is 0 Å². The Labute approximate surface area is 79.4 Å². The third-order valence-corrected chi connectivity index (χ3v) is 1.34. The Morgan fingerprint density at radius 2 is 1.15 bits per heavy atom. The molecular weight excluding hydrogens is 195 g/mol. The summed E-state index contributed by atoms with van der Waals surface area (Å²) in [5.41, 5.74) is 0. The minimum atomic E-state index is -4.64. The zero-order valence-electron chi connectivity index (χ0n) is 8.47. The molecule has 0 bridgehead atoms. The fourth-order valence-electron chi connectivity index (χ4n) is 0.671. The van der Waals surface area contributed by atoms with E-state index in [0.717, 1.165) is 0 Å². The molecule has 0 saturated heterocycles. The highest BCUT2D eigenvalue weighted by atomic mass is 31.2. The summed E-state index contributed by atoms with van der Waals surface area (Å²) < 4.78 is 8.88. The highest BCUT2D eigenvalue weighted by molar-refractivity contribution is 7.45. The quantitative estimate of drug-likeness (QED) is 0.513. The van der Waals surface area contributed by atoms with Crippen LogP contribution in [0.3, 0.4) is 0 Å². The molecule has 0 saturated carbocycles. The molecule has 0 amide bonds. The average molecular weight is 216 g/mol. The first kappa shape index (κ1) is 18.7. The van der Waals surface area contributed by atoms with Gasteiger partial charge in [-0.15, -0.1) is 0 Å². The molecule has 7 heteroatoms. The van der Waals surface area contributed by atoms with Crippen molar-refractivity contribution in [2.24, 2.45) is 0 Å². The van der Waals surface area contributed by atoms with Crippen LogP contribution in [0.1, 0.15) is 20.8 Å². The second kappa shape index (κ2) is 10.1. The van der Waals surface area contributed by atoms with Crippen LogP contribution in [0.25, 0.3) is 0 Å². The molecule has 0 unspecified atom stereocenters. The fourth-order valence-corrected chi connectivity index (χ4v) is 0.671. The Kier molecular flexibility index (Phi) is 14.6. The second-order valence-electron chi connectivity index (χ2n) is 2.13. The van der Waals surface area contributed by atoms with Crippen LogP contribution in [0, 0.1) is 0 Å². The van der Waals surface area contributed by atoms with Crippen molar-refractivity contribution in [2.75, 3.05) is 19.6 Å². The maximum absolute atomic E-state index is 8.88. The van der Waals surface area contributed by atoms with Crippen molar-refractivity contribution >= 4 is 7.82 Å². The van der Waals surface area contributed by atoms with Gasteiger partial charge >= 0.3 is 7.82 Å². The van der Waals surface area contributed by atoms with Gasteiger partial charge in [0.05, 0.1) is 0 Å². The van der Waals surface area contributed by atoms with Gasteiger partial charge in [-0.05, 0) is 19.6 Å². The third kappa shape index (κ3) is 33.3. The van der Waals surface area contributed by atoms with Crippen LogP contribution < -0.4 is 6.15 Å². The SMILES string of the molecule is CCN(CC)CC.N.O=P(O)(O)O. The first-order chi connectivity index (χ1) is 5.35. The molecule has 0 aliphatic rings. The minimum absolute atomic E-state index is 0. The zero-order chi connectivity index (χ0) is 10.2. The molecule has 6 N–H and O–H groups in total. The summed E-state index contributed by atoms with van der Waals surface area (Å²) in [7, 11) is -4.64. The molecule has 0 rings (SSSR count). The van der Waals surface area contributed by atoms with Crippen LogP contribution in [0.4, 0.5) is 0 Å². The third-order valence-electron chi connectivity index (χ3n) is 1.34. The Morgan fingerprint density at radius 1 is 1.00 bits per heavy atom. The normalized spacial score (nSPS) is 10.1. The van der Waals surface area contributed by atoms with E-state index in [-0.39, 0.29) is 6.15 Å². The molecule has 0 aromatic rings. The second-order valence-corrected chi connectivity index (χ2v) is 3.16. The van der Waals surface area contributed by atoms with Crippen molar-refractivity contribution in [2.45, 2.75) is 20.8 Å². The summed E-state index contributed by atoms with van der Waals surface area (Å²) in [5, 5.41) is 0. The molecule has 13 heavy (non-hydrogen) atoms. The van der Waals surface area contributed by atoms with Gasteiger partial charge < -0.3 is 25.7 Å². The van der Waals surface area contributed by atoms with E-state index in [0.29, 0.717) is 0 Å². The van der Waals surface area contributed by atoms with E-state index in [9.17, 15) is 0 Å². The summed E-state index contributed by atoms with van der Waals surface area (Å²) in [6.07, 6.45) is 0. The van der Waals surface area contributed by atoms with E-state index >= 15 is 0 Å². The van der Waals surface area contributed by atoms with Gasteiger partial charge in [-0.1, -0.05) is 20.8 Å². The van der Waals surface area contributed by atoms with E-state index in [1.54, 1.807) is 0 Å². The number of rotatable bonds is 3. The lowest BCUT2D eigenvalue weighted by molar-refractivity contribution is 0.275. The summed E-state index contributed by atoms with van der Waals surface area (Å²) >= 11 is 0. The summed E-state index contributed by atoms with van der Waals surface area (Å²) in [6, 6.07) is 0. The van der Waals surface area contributed by atoms with Crippen molar-refractivity contribution in [3.05, 3.63) is 0 Å². The van der Waals surface area contributed by atoms with E-state index in [4.69, 9.17) is 19.2 Å². The molecule has 0 heterocycles. The molecule has 0 aromatic heterocycles. The molecule has 84 valence electrons. The van der Waals surface area contributed by atoms with Crippen molar-refractivity contribution in [1.29, 1.82) is 0 Å². The fraction of sp³-hybridized carbons (Fsp3) is 1.00. The van der Waals surface area contributed by atoms with Crippen LogP contribution in [0.15, 0.2) is 0 Å². The van der Waals surface area contributed by atoms with Crippen molar-refractivity contribution in [1.82, 2.24) is 11.1 Å². The van der Waals surface area contributed by atoms with Crippen LogP contribution in [0.2, 0.25) is 0 Å². The number of phosphoric acid groups is 1. The van der Waals surface area contributed by atoms with Crippen molar-refractivity contribution in [3.8, 4) is 0 Å². The van der Waals surface area contributed by atoms with Crippen LogP contribution in [0.5, 0.6) is 0 Å². The maximum atomic E-state index is 8.88. The minimum Gasteiger partial charge on any atom is -0.344 e. The van der Waals surface area contributed by atoms with Gasteiger partial charge in [0, 0.05) is 0 Å². The summed E-state index contributed by atoms with van der Waals surface area (Å²) in [5.74, 6) is 0. The number of nitrogens with zero attached hydrogens (tertiary/aromatic N) is 1. The van der Waals surface area contributed by atoms with Crippen molar-refractivity contribution < 1.29 is 19.2 Å². The first-order valence-corrected chi connectivity index (χ1v) is 5.42. The van der Waals surface area contributed by atoms with Crippen LogP contribution in [-0.2, 0) is 4.57 Å². The first-order valence-electron chi connectivity index (χ1n) is 3.85. The van der Waals surface area contributed by atoms with Crippen LogP contribution in [-0.4, -0.2) is 39.2 Å². The predicted octanol–water partition coefficient (Wildman–Crippen LogP) is 0.581. The lowest BCUT2D eigenvalue weighted by Gasteiger charge is -2.13. The molecule has 0 aliphatic carbocycles. The lowest BCUT2D eigenvalue weighted by atomic mass is 10.5. The van der Waals surface area contributed by atoms with E-state index in [1.807, 2.05) is 0 Å². The number of hydrogen-bond donors (Lipinski definition) is 4. The van der Waals surface area contributed by atoms with Crippen molar-refractivity contribution in [3.63, 3.8) is 0 Å². The van der Waals surface area contributed by atoms with E-state index in [1.165, 1.54) is 19.6 Å². The van der Waals surface area contributed by atoms with Gasteiger partial charge in [-0.2, -0.15) is 0 Å². The van der Waals surface area contributed by atoms with Crippen LogP contribution >= 0.6 is 7.82 Å². The highest BCUT2D eigenvalue weighted by Crippen LogP contribution is 2.25. The summed E-state index contributed by atoms with van der Waals surface area (Å²) in [4.78, 5) is 23.9. The monoisotopic (exact) mass is 216 g/mol.